The van der Waals surface area contributed by atoms with E-state index in [0.29, 0.717) is 4.83 Å². The Hall–Kier alpha value is 0.400. The number of ether oxygens (including phenoxy) is 2. The molecule has 0 amide bonds. The number of halogens is 1. The number of unbranched alkanes of at least 4 members (excludes halogenated alkanes) is 1. The van der Waals surface area contributed by atoms with Gasteiger partial charge < -0.3 is 9.47 Å². The van der Waals surface area contributed by atoms with Crippen molar-refractivity contribution in [3.8, 4) is 0 Å². The van der Waals surface area contributed by atoms with Gasteiger partial charge in [-0.15, -0.1) is 0 Å². The van der Waals surface area contributed by atoms with Gasteiger partial charge in [-0.25, -0.2) is 0 Å². The maximum absolute atomic E-state index is 5.23. The zero-order chi connectivity index (χ0) is 9.23. The standard InChI is InChI=1S/C9H19BrO2/c1-3-12-7-5-4-6-9(10)8-11-2/h9H,3-8H2,1-2H3. The molecule has 0 spiro atoms. The van der Waals surface area contributed by atoms with E-state index in [9.17, 15) is 0 Å². The van der Waals surface area contributed by atoms with Gasteiger partial charge in [0.05, 0.1) is 6.61 Å². The van der Waals surface area contributed by atoms with Gasteiger partial charge in [-0.2, -0.15) is 0 Å². The summed E-state index contributed by atoms with van der Waals surface area (Å²) in [6.45, 7) is 4.55. The molecule has 0 heterocycles. The van der Waals surface area contributed by atoms with Gasteiger partial charge in [-0.1, -0.05) is 15.9 Å². The van der Waals surface area contributed by atoms with Crippen LogP contribution in [0.1, 0.15) is 26.2 Å². The highest BCUT2D eigenvalue weighted by Gasteiger charge is 2.01. The average Bonchev–Trinajstić information content (AvgIpc) is 2.05. The van der Waals surface area contributed by atoms with Crippen LogP contribution in [0.5, 0.6) is 0 Å². The van der Waals surface area contributed by atoms with Gasteiger partial charge in [0.1, 0.15) is 0 Å². The molecule has 0 rings (SSSR count). The lowest BCUT2D eigenvalue weighted by Crippen LogP contribution is -2.06. The molecule has 0 N–H and O–H groups in total. The topological polar surface area (TPSA) is 18.5 Å². The predicted octanol–water partition coefficient (Wildman–Crippen LogP) is 2.60. The Bertz CT molecular complexity index is 88.6. The van der Waals surface area contributed by atoms with E-state index < -0.39 is 0 Å². The smallest absolute Gasteiger partial charge is 0.0587 e. The van der Waals surface area contributed by atoms with E-state index in [4.69, 9.17) is 9.47 Å². The van der Waals surface area contributed by atoms with Crippen LogP contribution in [0.25, 0.3) is 0 Å². The summed E-state index contributed by atoms with van der Waals surface area (Å²) < 4.78 is 10.2. The second-order valence-electron chi connectivity index (χ2n) is 2.75. The first-order valence-corrected chi connectivity index (χ1v) is 5.43. The molecular formula is C9H19BrO2. The Kier molecular flexibility index (Phi) is 9.80. The van der Waals surface area contributed by atoms with Crippen LogP contribution in [0.3, 0.4) is 0 Å². The SMILES string of the molecule is CCOCCCCC(Br)COC. The monoisotopic (exact) mass is 238 g/mol. The third-order valence-electron chi connectivity index (χ3n) is 1.61. The van der Waals surface area contributed by atoms with Crippen LogP contribution in [-0.2, 0) is 9.47 Å². The molecule has 0 aromatic heterocycles. The van der Waals surface area contributed by atoms with Crippen molar-refractivity contribution in [3.05, 3.63) is 0 Å². The van der Waals surface area contributed by atoms with Crippen molar-refractivity contribution in [1.29, 1.82) is 0 Å². The van der Waals surface area contributed by atoms with E-state index in [1.54, 1.807) is 7.11 Å². The van der Waals surface area contributed by atoms with Gasteiger partial charge in [0.15, 0.2) is 0 Å². The zero-order valence-electron chi connectivity index (χ0n) is 8.01. The summed E-state index contributed by atoms with van der Waals surface area (Å²) in [4.78, 5) is 0.504. The number of rotatable bonds is 8. The maximum atomic E-state index is 5.23. The summed E-state index contributed by atoms with van der Waals surface area (Å²) >= 11 is 3.54. The molecular weight excluding hydrogens is 220 g/mol. The molecule has 0 aliphatic rings. The minimum absolute atomic E-state index is 0.504. The van der Waals surface area contributed by atoms with Crippen LogP contribution in [0, 0.1) is 0 Å². The lowest BCUT2D eigenvalue weighted by Gasteiger charge is -2.07. The molecule has 1 unspecified atom stereocenters. The van der Waals surface area contributed by atoms with Gasteiger partial charge in [0, 0.05) is 25.2 Å². The molecule has 74 valence electrons. The maximum Gasteiger partial charge on any atom is 0.0587 e. The van der Waals surface area contributed by atoms with E-state index in [2.05, 4.69) is 15.9 Å². The zero-order valence-corrected chi connectivity index (χ0v) is 9.60. The molecule has 0 fully saturated rings. The van der Waals surface area contributed by atoms with E-state index >= 15 is 0 Å². The Morgan fingerprint density at radius 3 is 2.67 bits per heavy atom. The van der Waals surface area contributed by atoms with E-state index in [1.165, 1.54) is 12.8 Å². The largest absolute Gasteiger partial charge is 0.384 e. The van der Waals surface area contributed by atoms with Crippen molar-refractivity contribution < 1.29 is 9.47 Å². The molecule has 0 bridgehead atoms. The van der Waals surface area contributed by atoms with Crippen molar-refractivity contribution in [1.82, 2.24) is 0 Å². The Morgan fingerprint density at radius 2 is 2.08 bits per heavy atom. The quantitative estimate of drug-likeness (QED) is 0.478. The lowest BCUT2D eigenvalue weighted by molar-refractivity contribution is 0.141. The van der Waals surface area contributed by atoms with Crippen LogP contribution in [0.4, 0.5) is 0 Å². The average molecular weight is 239 g/mol. The fourth-order valence-electron chi connectivity index (χ4n) is 0.978. The fourth-order valence-corrected chi connectivity index (χ4v) is 1.57. The molecule has 0 aromatic carbocycles. The molecule has 0 aliphatic carbocycles. The Morgan fingerprint density at radius 1 is 1.33 bits per heavy atom. The highest BCUT2D eigenvalue weighted by molar-refractivity contribution is 9.09. The van der Waals surface area contributed by atoms with E-state index in [0.717, 1.165) is 26.2 Å². The highest BCUT2D eigenvalue weighted by atomic mass is 79.9. The lowest BCUT2D eigenvalue weighted by atomic mass is 10.2. The van der Waals surface area contributed by atoms with Gasteiger partial charge in [-0.05, 0) is 26.2 Å². The summed E-state index contributed by atoms with van der Waals surface area (Å²) in [6.07, 6.45) is 3.53. The predicted molar refractivity (Wildman–Crippen MR) is 54.9 cm³/mol. The van der Waals surface area contributed by atoms with Crippen LogP contribution in [0.15, 0.2) is 0 Å². The van der Waals surface area contributed by atoms with Crippen molar-refractivity contribution in [2.75, 3.05) is 26.9 Å². The first-order chi connectivity index (χ1) is 5.81. The first kappa shape index (κ1) is 12.4. The molecule has 0 radical (unpaired) electrons. The van der Waals surface area contributed by atoms with Crippen molar-refractivity contribution >= 4 is 15.9 Å². The minimum atomic E-state index is 0.504. The Labute approximate surface area is 83.8 Å². The van der Waals surface area contributed by atoms with Gasteiger partial charge in [0.2, 0.25) is 0 Å². The molecule has 0 aliphatic heterocycles. The van der Waals surface area contributed by atoms with E-state index in [-0.39, 0.29) is 0 Å². The van der Waals surface area contributed by atoms with E-state index in [1.807, 2.05) is 6.92 Å². The number of alkyl halides is 1. The summed E-state index contributed by atoms with van der Waals surface area (Å²) in [7, 11) is 1.73. The van der Waals surface area contributed by atoms with Crippen molar-refractivity contribution in [2.24, 2.45) is 0 Å². The normalized spacial score (nSPS) is 13.2. The third-order valence-corrected chi connectivity index (χ3v) is 2.33. The number of hydrogen-bond acceptors (Lipinski definition) is 2. The van der Waals surface area contributed by atoms with Crippen LogP contribution in [-0.4, -0.2) is 31.8 Å². The van der Waals surface area contributed by atoms with Crippen molar-refractivity contribution in [2.45, 2.75) is 31.0 Å². The highest BCUT2D eigenvalue weighted by Crippen LogP contribution is 2.09. The molecule has 1 atom stereocenters. The summed E-state index contributed by atoms with van der Waals surface area (Å²) in [5, 5.41) is 0. The van der Waals surface area contributed by atoms with Crippen LogP contribution in [0.2, 0.25) is 0 Å². The second kappa shape index (κ2) is 9.49. The summed E-state index contributed by atoms with van der Waals surface area (Å²) in [5.74, 6) is 0. The third kappa shape index (κ3) is 8.50. The van der Waals surface area contributed by atoms with Gasteiger partial charge in [-0.3, -0.25) is 0 Å². The molecule has 0 saturated heterocycles. The molecule has 12 heavy (non-hydrogen) atoms. The number of hydrogen-bond donors (Lipinski definition) is 0. The first-order valence-electron chi connectivity index (χ1n) is 4.52. The fraction of sp³-hybridized carbons (Fsp3) is 1.00. The molecule has 0 aromatic rings. The second-order valence-corrected chi connectivity index (χ2v) is 4.04. The molecule has 3 heteroatoms. The summed E-state index contributed by atoms with van der Waals surface area (Å²) in [5.41, 5.74) is 0. The summed E-state index contributed by atoms with van der Waals surface area (Å²) in [6, 6.07) is 0. The van der Waals surface area contributed by atoms with Crippen LogP contribution < -0.4 is 0 Å². The molecule has 0 saturated carbocycles. The molecule has 2 nitrogen and oxygen atoms in total. The van der Waals surface area contributed by atoms with Gasteiger partial charge >= 0.3 is 0 Å². The Balaban J connectivity index is 2.97. The minimum Gasteiger partial charge on any atom is -0.384 e. The van der Waals surface area contributed by atoms with Gasteiger partial charge in [0.25, 0.3) is 0 Å². The number of methoxy groups -OCH3 is 1. The van der Waals surface area contributed by atoms with Crippen molar-refractivity contribution in [3.63, 3.8) is 0 Å². The van der Waals surface area contributed by atoms with Crippen LogP contribution >= 0.6 is 15.9 Å².